The van der Waals surface area contributed by atoms with Crippen LogP contribution in [0.2, 0.25) is 10.0 Å². The van der Waals surface area contributed by atoms with E-state index >= 15 is 0 Å². The molecule has 3 rings (SSSR count). The van der Waals surface area contributed by atoms with Gasteiger partial charge in [-0.25, -0.2) is 0 Å². The molecule has 1 fully saturated rings. The van der Waals surface area contributed by atoms with Crippen molar-refractivity contribution >= 4 is 23.2 Å². The van der Waals surface area contributed by atoms with Gasteiger partial charge in [-0.15, -0.1) is 0 Å². The van der Waals surface area contributed by atoms with Crippen LogP contribution in [-0.4, -0.2) is 10.6 Å². The van der Waals surface area contributed by atoms with Gasteiger partial charge in [-0.2, -0.15) is 0 Å². The molecule has 0 saturated heterocycles. The molecule has 2 nitrogen and oxygen atoms in total. The van der Waals surface area contributed by atoms with Gasteiger partial charge >= 0.3 is 0 Å². The highest BCUT2D eigenvalue weighted by atomic mass is 35.5. The highest BCUT2D eigenvalue weighted by Crippen LogP contribution is 2.23. The molecule has 1 heterocycles. The zero-order valence-corrected chi connectivity index (χ0v) is 12.1. The minimum Gasteiger partial charge on any atom is -0.346 e. The molecule has 4 heteroatoms. The Kier molecular flexibility index (Phi) is 3.83. The highest BCUT2D eigenvalue weighted by molar-refractivity contribution is 6.33. The second-order valence-electron chi connectivity index (χ2n) is 5.02. The molecular weight excluding hydrogens is 279 g/mol. The summed E-state index contributed by atoms with van der Waals surface area (Å²) in [7, 11) is 0. The molecule has 1 aliphatic rings. The third-order valence-corrected chi connectivity index (χ3v) is 4.03. The fraction of sp³-hybridized carbons (Fsp3) is 0.333. The van der Waals surface area contributed by atoms with Crippen LogP contribution in [0.3, 0.4) is 0 Å². The summed E-state index contributed by atoms with van der Waals surface area (Å²) in [6.45, 7) is 1.67. The van der Waals surface area contributed by atoms with Crippen LogP contribution in [0.25, 0.3) is 0 Å². The van der Waals surface area contributed by atoms with E-state index in [-0.39, 0.29) is 0 Å². The maximum Gasteiger partial charge on any atom is 0.0488 e. The molecule has 2 aromatic rings. The molecule has 0 atom stereocenters. The maximum absolute atomic E-state index is 6.22. The van der Waals surface area contributed by atoms with Crippen molar-refractivity contribution in [2.75, 3.05) is 0 Å². The molecular formula is C15H16Cl2N2. The van der Waals surface area contributed by atoms with E-state index in [0.29, 0.717) is 0 Å². The molecule has 0 amide bonds. The Bertz CT molecular complexity index is 573. The van der Waals surface area contributed by atoms with Crippen molar-refractivity contribution in [3.05, 3.63) is 57.8 Å². The maximum atomic E-state index is 6.22. The highest BCUT2D eigenvalue weighted by Gasteiger charge is 2.20. The number of nitrogens with one attached hydrogen (secondary N) is 1. The topological polar surface area (TPSA) is 17.0 Å². The Balaban J connectivity index is 1.74. The average molecular weight is 295 g/mol. The summed E-state index contributed by atoms with van der Waals surface area (Å²) in [5.74, 6) is 0. The second-order valence-corrected chi connectivity index (χ2v) is 5.86. The van der Waals surface area contributed by atoms with E-state index in [9.17, 15) is 0 Å². The molecule has 1 N–H and O–H groups in total. The first-order valence-corrected chi connectivity index (χ1v) is 7.29. The first-order chi connectivity index (χ1) is 9.22. The number of nitrogens with zero attached hydrogens (tertiary/aromatic N) is 1. The van der Waals surface area contributed by atoms with Crippen LogP contribution in [0.1, 0.15) is 24.1 Å². The summed E-state index contributed by atoms with van der Waals surface area (Å²) in [5.41, 5.74) is 2.33. The normalized spacial score (nSPS) is 14.8. The molecule has 0 aliphatic heterocycles. The minimum atomic E-state index is 0.720. The summed E-state index contributed by atoms with van der Waals surface area (Å²) in [5, 5.41) is 5.02. The molecule has 0 spiro atoms. The van der Waals surface area contributed by atoms with Gasteiger partial charge in [-0.3, -0.25) is 0 Å². The van der Waals surface area contributed by atoms with Crippen molar-refractivity contribution in [2.45, 2.75) is 32.0 Å². The number of benzene rings is 1. The third-order valence-electron chi connectivity index (χ3n) is 3.42. The number of hydrogen-bond acceptors (Lipinski definition) is 1. The van der Waals surface area contributed by atoms with Crippen LogP contribution < -0.4 is 5.32 Å². The van der Waals surface area contributed by atoms with Crippen LogP contribution in [0, 0.1) is 0 Å². The zero-order chi connectivity index (χ0) is 13.2. The van der Waals surface area contributed by atoms with Crippen molar-refractivity contribution < 1.29 is 0 Å². The van der Waals surface area contributed by atoms with Crippen LogP contribution >= 0.6 is 23.2 Å². The first-order valence-electron chi connectivity index (χ1n) is 6.54. The Morgan fingerprint density at radius 3 is 2.84 bits per heavy atom. The molecule has 1 saturated carbocycles. The van der Waals surface area contributed by atoms with E-state index in [0.717, 1.165) is 34.7 Å². The van der Waals surface area contributed by atoms with E-state index < -0.39 is 0 Å². The average Bonchev–Trinajstić information content (AvgIpc) is 3.12. The predicted octanol–water partition coefficient (Wildman–Crippen LogP) is 4.10. The van der Waals surface area contributed by atoms with Gasteiger partial charge in [-0.1, -0.05) is 23.2 Å². The summed E-state index contributed by atoms with van der Waals surface area (Å²) >= 11 is 12.2. The van der Waals surface area contributed by atoms with E-state index in [2.05, 4.69) is 28.2 Å². The van der Waals surface area contributed by atoms with Gasteiger partial charge in [0.25, 0.3) is 0 Å². The smallest absolute Gasteiger partial charge is 0.0488 e. The third kappa shape index (κ3) is 3.33. The lowest BCUT2D eigenvalue weighted by atomic mass is 10.2. The van der Waals surface area contributed by atoms with E-state index in [1.807, 2.05) is 18.2 Å². The van der Waals surface area contributed by atoms with E-state index in [1.165, 1.54) is 18.5 Å². The van der Waals surface area contributed by atoms with Crippen molar-refractivity contribution in [1.82, 2.24) is 9.88 Å². The lowest BCUT2D eigenvalue weighted by molar-refractivity contribution is 0.634. The molecule has 1 aromatic carbocycles. The fourth-order valence-electron chi connectivity index (χ4n) is 2.15. The summed E-state index contributed by atoms with van der Waals surface area (Å²) < 4.78 is 2.22. The van der Waals surface area contributed by atoms with Gasteiger partial charge in [0.15, 0.2) is 0 Å². The standard InChI is InChI=1S/C15H16Cl2N2/c16-12-3-6-15(17)11(8-12)10-19-7-1-2-14(19)9-18-13-4-5-13/h1-3,6-8,13,18H,4-5,9-10H2. The minimum absolute atomic E-state index is 0.720. The van der Waals surface area contributed by atoms with Crippen LogP contribution in [0.5, 0.6) is 0 Å². The Labute approximate surface area is 123 Å². The van der Waals surface area contributed by atoms with Gasteiger partial charge in [0.2, 0.25) is 0 Å². The van der Waals surface area contributed by atoms with Gasteiger partial charge in [0, 0.05) is 41.1 Å². The van der Waals surface area contributed by atoms with Gasteiger partial charge < -0.3 is 9.88 Å². The van der Waals surface area contributed by atoms with Gasteiger partial charge in [0.1, 0.15) is 0 Å². The summed E-state index contributed by atoms with van der Waals surface area (Å²) in [6, 6.07) is 10.5. The quantitative estimate of drug-likeness (QED) is 0.879. The number of halogens is 2. The molecule has 0 radical (unpaired) electrons. The first kappa shape index (κ1) is 13.0. The lowest BCUT2D eigenvalue weighted by Gasteiger charge is -2.11. The van der Waals surface area contributed by atoms with E-state index in [1.54, 1.807) is 0 Å². The second kappa shape index (κ2) is 5.58. The van der Waals surface area contributed by atoms with Crippen molar-refractivity contribution in [3.63, 3.8) is 0 Å². The number of hydrogen-bond donors (Lipinski definition) is 1. The summed E-state index contributed by atoms with van der Waals surface area (Å²) in [6.07, 6.45) is 4.70. The Morgan fingerprint density at radius 2 is 2.05 bits per heavy atom. The van der Waals surface area contributed by atoms with Crippen molar-refractivity contribution in [2.24, 2.45) is 0 Å². The molecule has 1 aromatic heterocycles. The Morgan fingerprint density at radius 1 is 1.21 bits per heavy atom. The molecule has 19 heavy (non-hydrogen) atoms. The van der Waals surface area contributed by atoms with Crippen molar-refractivity contribution in [1.29, 1.82) is 0 Å². The van der Waals surface area contributed by atoms with Gasteiger partial charge in [0.05, 0.1) is 0 Å². The summed E-state index contributed by atoms with van der Waals surface area (Å²) in [4.78, 5) is 0. The van der Waals surface area contributed by atoms with Crippen LogP contribution in [-0.2, 0) is 13.1 Å². The monoisotopic (exact) mass is 294 g/mol. The number of rotatable bonds is 5. The van der Waals surface area contributed by atoms with Gasteiger partial charge in [-0.05, 0) is 48.7 Å². The van der Waals surface area contributed by atoms with E-state index in [4.69, 9.17) is 23.2 Å². The SMILES string of the molecule is Clc1ccc(Cl)c(Cn2cccc2CNC2CC2)c1. The molecule has 0 bridgehead atoms. The predicted molar refractivity (Wildman–Crippen MR) is 79.9 cm³/mol. The van der Waals surface area contributed by atoms with Crippen LogP contribution in [0.4, 0.5) is 0 Å². The number of aromatic nitrogens is 1. The largest absolute Gasteiger partial charge is 0.346 e. The fourth-order valence-corrected chi connectivity index (χ4v) is 2.52. The zero-order valence-electron chi connectivity index (χ0n) is 10.6. The molecule has 0 unspecified atom stereocenters. The van der Waals surface area contributed by atoms with Crippen LogP contribution in [0.15, 0.2) is 36.5 Å². The lowest BCUT2D eigenvalue weighted by Crippen LogP contribution is -2.18. The van der Waals surface area contributed by atoms with Crippen molar-refractivity contribution in [3.8, 4) is 0 Å². The molecule has 100 valence electrons. The molecule has 1 aliphatic carbocycles. The Hall–Kier alpha value is -0.960.